The van der Waals surface area contributed by atoms with Crippen molar-refractivity contribution in [1.29, 1.82) is 0 Å². The zero-order valence-electron chi connectivity index (χ0n) is 18.3. The molecule has 1 saturated heterocycles. The predicted octanol–water partition coefficient (Wildman–Crippen LogP) is 5.06. The number of anilines is 2. The first kappa shape index (κ1) is 21.2. The number of aromatic nitrogens is 5. The normalized spacial score (nSPS) is 19.3. The van der Waals surface area contributed by atoms with Gasteiger partial charge in [-0.1, -0.05) is 35.9 Å². The maximum absolute atomic E-state index is 14.1. The molecule has 0 amide bonds. The van der Waals surface area contributed by atoms with Gasteiger partial charge in [-0.3, -0.25) is 0 Å². The molecule has 2 fully saturated rings. The van der Waals surface area contributed by atoms with Crippen LogP contribution in [0.25, 0.3) is 22.3 Å². The molecule has 1 unspecified atom stereocenters. The van der Waals surface area contributed by atoms with Crippen LogP contribution in [0.15, 0.2) is 42.6 Å². The molecule has 10 heteroatoms. The third-order valence-electron chi connectivity index (χ3n) is 6.51. The van der Waals surface area contributed by atoms with Crippen LogP contribution in [0.4, 0.5) is 16.3 Å². The van der Waals surface area contributed by atoms with E-state index >= 15 is 0 Å². The summed E-state index contributed by atoms with van der Waals surface area (Å²) >= 11 is 6.25. The number of nitrogen functional groups attached to an aromatic ring is 1. The van der Waals surface area contributed by atoms with Crippen molar-refractivity contribution in [3.8, 4) is 11.4 Å². The summed E-state index contributed by atoms with van der Waals surface area (Å²) in [7, 11) is 0. The summed E-state index contributed by atoms with van der Waals surface area (Å²) < 4.78 is 21.9. The Balaban J connectivity index is 1.34. The molecule has 2 aromatic carbocycles. The summed E-state index contributed by atoms with van der Waals surface area (Å²) in [6, 6.07) is 10.7. The van der Waals surface area contributed by atoms with Crippen LogP contribution in [0.3, 0.4) is 0 Å². The number of hydrogen-bond acceptors (Lipinski definition) is 7. The fourth-order valence-electron chi connectivity index (χ4n) is 4.57. The maximum Gasteiger partial charge on any atom is 0.228 e. The lowest BCUT2D eigenvalue weighted by molar-refractivity contribution is -0.0366. The SMILES string of the molecule is Nc1nc(NC2(c3cccc(F)c3Cl)CC2)nc(-c2ccc3cnn(C4CCCCO4)c3c2)n1. The van der Waals surface area contributed by atoms with Crippen molar-refractivity contribution >= 4 is 34.4 Å². The Kier molecular flexibility index (Phi) is 5.11. The van der Waals surface area contributed by atoms with E-state index in [-0.39, 0.29) is 17.2 Å². The van der Waals surface area contributed by atoms with Crippen LogP contribution >= 0.6 is 11.6 Å². The van der Waals surface area contributed by atoms with Gasteiger partial charge in [0.05, 0.1) is 22.3 Å². The number of fused-ring (bicyclic) bond motifs is 1. The molecular formula is C24H23ClFN7O. The van der Waals surface area contributed by atoms with Gasteiger partial charge in [0.1, 0.15) is 5.82 Å². The van der Waals surface area contributed by atoms with E-state index in [2.05, 4.69) is 25.4 Å². The lowest BCUT2D eigenvalue weighted by atomic mass is 10.0. The molecule has 4 aromatic rings. The number of nitrogens with one attached hydrogen (secondary N) is 1. The van der Waals surface area contributed by atoms with E-state index in [1.165, 1.54) is 6.07 Å². The Labute approximate surface area is 200 Å². The number of rotatable bonds is 5. The minimum Gasteiger partial charge on any atom is -0.368 e. The molecule has 174 valence electrons. The van der Waals surface area contributed by atoms with Crippen LogP contribution in [0.5, 0.6) is 0 Å². The Morgan fingerprint density at radius 3 is 2.82 bits per heavy atom. The van der Waals surface area contributed by atoms with Gasteiger partial charge in [-0.25, -0.2) is 9.07 Å². The molecule has 0 bridgehead atoms. The van der Waals surface area contributed by atoms with Crippen LogP contribution in [0.1, 0.15) is 43.9 Å². The van der Waals surface area contributed by atoms with Crippen molar-refractivity contribution < 1.29 is 9.13 Å². The molecule has 1 aliphatic heterocycles. The van der Waals surface area contributed by atoms with Crippen molar-refractivity contribution in [2.75, 3.05) is 17.7 Å². The average Bonchev–Trinajstić information content (AvgIpc) is 3.49. The summed E-state index contributed by atoms with van der Waals surface area (Å²) in [5, 5.41) is 9.00. The van der Waals surface area contributed by atoms with E-state index in [9.17, 15) is 4.39 Å². The number of nitrogens with two attached hydrogens (primary N) is 1. The predicted molar refractivity (Wildman–Crippen MR) is 128 cm³/mol. The van der Waals surface area contributed by atoms with E-state index in [1.54, 1.807) is 6.07 Å². The maximum atomic E-state index is 14.1. The topological polar surface area (TPSA) is 104 Å². The molecule has 0 radical (unpaired) electrons. The van der Waals surface area contributed by atoms with Gasteiger partial charge in [-0.2, -0.15) is 20.1 Å². The van der Waals surface area contributed by atoms with Gasteiger partial charge in [-0.15, -0.1) is 0 Å². The van der Waals surface area contributed by atoms with Gasteiger partial charge >= 0.3 is 0 Å². The van der Waals surface area contributed by atoms with E-state index in [1.807, 2.05) is 35.1 Å². The molecule has 1 atom stereocenters. The smallest absolute Gasteiger partial charge is 0.228 e. The van der Waals surface area contributed by atoms with Crippen LogP contribution in [-0.4, -0.2) is 31.3 Å². The monoisotopic (exact) mass is 479 g/mol. The quantitative estimate of drug-likeness (QED) is 0.412. The molecule has 8 nitrogen and oxygen atoms in total. The highest BCUT2D eigenvalue weighted by atomic mass is 35.5. The first-order valence-electron chi connectivity index (χ1n) is 11.4. The van der Waals surface area contributed by atoms with Crippen molar-refractivity contribution in [3.05, 3.63) is 59.0 Å². The zero-order chi connectivity index (χ0) is 23.3. The van der Waals surface area contributed by atoms with Crippen LogP contribution in [0.2, 0.25) is 5.02 Å². The van der Waals surface area contributed by atoms with Crippen molar-refractivity contribution in [3.63, 3.8) is 0 Å². The number of hydrogen-bond donors (Lipinski definition) is 2. The van der Waals surface area contributed by atoms with Crippen LogP contribution < -0.4 is 11.1 Å². The molecule has 6 rings (SSSR count). The minimum atomic E-state index is -0.523. The average molecular weight is 480 g/mol. The molecule has 1 saturated carbocycles. The van der Waals surface area contributed by atoms with Gasteiger partial charge in [0.15, 0.2) is 12.1 Å². The third-order valence-corrected chi connectivity index (χ3v) is 6.89. The van der Waals surface area contributed by atoms with Crippen molar-refractivity contribution in [2.24, 2.45) is 0 Å². The number of ether oxygens (including phenoxy) is 1. The Hall–Kier alpha value is -3.30. The number of halogens is 2. The summed E-state index contributed by atoms with van der Waals surface area (Å²) in [4.78, 5) is 13.3. The second-order valence-electron chi connectivity index (χ2n) is 8.83. The number of benzene rings is 2. The Bertz CT molecular complexity index is 1380. The standard InChI is InChI=1S/C24H23ClFN7O/c25-20-16(4-3-5-17(20)26)24(9-10-24)32-23-30-21(29-22(27)31-23)14-7-8-15-13-28-33(18(15)12-14)19-6-1-2-11-34-19/h3-5,7-8,12-13,19H,1-2,6,9-11H2,(H3,27,29,30,31,32). The lowest BCUT2D eigenvalue weighted by Crippen LogP contribution is -2.22. The Morgan fingerprint density at radius 1 is 1.15 bits per heavy atom. The summed E-state index contributed by atoms with van der Waals surface area (Å²) in [6.07, 6.45) is 6.44. The highest BCUT2D eigenvalue weighted by molar-refractivity contribution is 6.31. The Morgan fingerprint density at radius 2 is 2.03 bits per heavy atom. The first-order chi connectivity index (χ1) is 16.5. The fourth-order valence-corrected chi connectivity index (χ4v) is 4.88. The van der Waals surface area contributed by atoms with Gasteiger partial charge in [0.2, 0.25) is 11.9 Å². The van der Waals surface area contributed by atoms with Crippen molar-refractivity contribution in [2.45, 2.75) is 43.9 Å². The molecule has 3 heterocycles. The molecule has 0 spiro atoms. The highest BCUT2D eigenvalue weighted by Gasteiger charge is 2.47. The van der Waals surface area contributed by atoms with Gasteiger partial charge in [0.25, 0.3) is 0 Å². The van der Waals surface area contributed by atoms with Gasteiger partial charge < -0.3 is 15.8 Å². The minimum absolute atomic E-state index is 0.0760. The highest BCUT2D eigenvalue weighted by Crippen LogP contribution is 2.50. The molecule has 2 aromatic heterocycles. The molecule has 1 aliphatic carbocycles. The third kappa shape index (κ3) is 3.74. The van der Waals surface area contributed by atoms with Crippen molar-refractivity contribution in [1.82, 2.24) is 24.7 Å². The summed E-state index contributed by atoms with van der Waals surface area (Å²) in [5.74, 6) is 0.410. The van der Waals surface area contributed by atoms with E-state index in [0.29, 0.717) is 17.3 Å². The second-order valence-corrected chi connectivity index (χ2v) is 9.21. The molecule has 34 heavy (non-hydrogen) atoms. The summed E-state index contributed by atoms with van der Waals surface area (Å²) in [6.45, 7) is 0.738. The summed E-state index contributed by atoms with van der Waals surface area (Å²) in [5.41, 5.74) is 7.94. The lowest BCUT2D eigenvalue weighted by Gasteiger charge is -2.23. The number of nitrogens with zero attached hydrogens (tertiary/aromatic N) is 5. The molecule has 3 N–H and O–H groups in total. The molecular weight excluding hydrogens is 457 g/mol. The second kappa shape index (κ2) is 8.18. The van der Waals surface area contributed by atoms with Crippen LogP contribution in [-0.2, 0) is 10.3 Å². The van der Waals surface area contributed by atoms with Gasteiger partial charge in [-0.05, 0) is 49.8 Å². The van der Waals surface area contributed by atoms with Gasteiger partial charge in [0, 0.05) is 17.6 Å². The first-order valence-corrected chi connectivity index (χ1v) is 11.7. The fraction of sp³-hybridized carbons (Fsp3) is 0.333. The van der Waals surface area contributed by atoms with E-state index < -0.39 is 11.4 Å². The largest absolute Gasteiger partial charge is 0.368 e. The van der Waals surface area contributed by atoms with E-state index in [4.69, 9.17) is 22.1 Å². The van der Waals surface area contributed by atoms with E-state index in [0.717, 1.165) is 55.2 Å². The van der Waals surface area contributed by atoms with Crippen LogP contribution in [0, 0.1) is 5.82 Å². The zero-order valence-corrected chi connectivity index (χ0v) is 19.1. The molecule has 2 aliphatic rings.